The van der Waals surface area contributed by atoms with Crippen LogP contribution in [0.3, 0.4) is 0 Å². The molecule has 1 N–H and O–H groups in total. The van der Waals surface area contributed by atoms with Gasteiger partial charge in [-0.25, -0.2) is 4.68 Å². The Bertz CT molecular complexity index is 1730. The molecule has 0 saturated carbocycles. The molecule has 0 unspecified atom stereocenters. The van der Waals surface area contributed by atoms with Gasteiger partial charge in [-0.1, -0.05) is 47.7 Å². The summed E-state index contributed by atoms with van der Waals surface area (Å²) < 4.78 is 12.7. The number of methoxy groups -OCH3 is 1. The molecule has 2 heterocycles. The van der Waals surface area contributed by atoms with Gasteiger partial charge < -0.3 is 19.7 Å². The number of hydrogen-bond acceptors (Lipinski definition) is 9. The van der Waals surface area contributed by atoms with Gasteiger partial charge in [0.15, 0.2) is 17.3 Å². The molecule has 1 aliphatic rings. The maximum atomic E-state index is 13.6. The van der Waals surface area contributed by atoms with E-state index < -0.39 is 0 Å². The second-order valence-corrected chi connectivity index (χ2v) is 10.3. The molecule has 12 nitrogen and oxygen atoms in total. The van der Waals surface area contributed by atoms with Crippen LogP contribution >= 0.6 is 0 Å². The summed E-state index contributed by atoms with van der Waals surface area (Å²) in [4.78, 5) is 50.8. The molecule has 0 fully saturated rings. The van der Waals surface area contributed by atoms with Crippen LogP contribution in [0.15, 0.2) is 65.8 Å². The molecule has 1 aromatic heterocycles. The van der Waals surface area contributed by atoms with Crippen molar-refractivity contribution in [2.45, 2.75) is 32.7 Å². The average molecular weight is 597 g/mol. The summed E-state index contributed by atoms with van der Waals surface area (Å²) in [7, 11) is 3.28. The minimum Gasteiger partial charge on any atom is -0.493 e. The lowest BCUT2D eigenvalue weighted by Crippen LogP contribution is -2.35. The normalized spacial score (nSPS) is 11.8. The number of Topliss-reactive ketones (excluding diaryl/α,β-unsaturated/α-hetero) is 1. The molecule has 4 aromatic rings. The zero-order chi connectivity index (χ0) is 31.2. The maximum absolute atomic E-state index is 13.6. The summed E-state index contributed by atoms with van der Waals surface area (Å²) in [6, 6.07) is 18.3. The molecule has 0 bridgehead atoms. The third-order valence-electron chi connectivity index (χ3n) is 7.41. The van der Waals surface area contributed by atoms with E-state index in [4.69, 9.17) is 9.47 Å². The van der Waals surface area contributed by atoms with Crippen molar-refractivity contribution < 1.29 is 23.9 Å². The van der Waals surface area contributed by atoms with Crippen molar-refractivity contribution in [2.75, 3.05) is 25.2 Å². The molecule has 0 atom stereocenters. The fourth-order valence-electron chi connectivity index (χ4n) is 5.24. The van der Waals surface area contributed by atoms with E-state index in [0.29, 0.717) is 18.7 Å². The number of nitrogens with one attached hydrogen (secondary N) is 1. The Hall–Kier alpha value is -5.39. The number of fused-ring (bicyclic) bond motifs is 5. The first kappa shape index (κ1) is 30.1. The molecule has 0 aliphatic carbocycles. The van der Waals surface area contributed by atoms with Crippen LogP contribution in [0.5, 0.6) is 11.5 Å². The number of ketones is 1. The topological polar surface area (TPSA) is 145 Å². The van der Waals surface area contributed by atoms with Gasteiger partial charge in [0.25, 0.3) is 0 Å². The Morgan fingerprint density at radius 2 is 1.75 bits per heavy atom. The second kappa shape index (κ2) is 13.3. The van der Waals surface area contributed by atoms with E-state index in [-0.39, 0.29) is 66.3 Å². The van der Waals surface area contributed by atoms with Gasteiger partial charge in [-0.05, 0) is 36.2 Å². The molecule has 1 aliphatic heterocycles. The Kier molecular flexibility index (Phi) is 9.08. The molecule has 3 aromatic carbocycles. The van der Waals surface area contributed by atoms with Crippen molar-refractivity contribution in [3.05, 3.63) is 76.7 Å². The van der Waals surface area contributed by atoms with Gasteiger partial charge in [0, 0.05) is 43.6 Å². The second-order valence-electron chi connectivity index (χ2n) is 10.3. The highest BCUT2D eigenvalue weighted by atomic mass is 16.5. The highest BCUT2D eigenvalue weighted by molar-refractivity contribution is 6.01. The molecule has 0 spiro atoms. The molecular weight excluding hydrogens is 564 g/mol. The van der Waals surface area contributed by atoms with Crippen LogP contribution in [0.1, 0.15) is 42.1 Å². The van der Waals surface area contributed by atoms with Crippen molar-refractivity contribution in [3.63, 3.8) is 0 Å². The predicted molar refractivity (Wildman–Crippen MR) is 164 cm³/mol. The first-order valence-electron chi connectivity index (χ1n) is 14.2. The summed E-state index contributed by atoms with van der Waals surface area (Å²) in [5.74, 6) is -0.141. The number of amides is 2. The summed E-state index contributed by atoms with van der Waals surface area (Å²) in [6.45, 7) is 2.02. The maximum Gasteiger partial charge on any atom is 0.229 e. The lowest BCUT2D eigenvalue weighted by Gasteiger charge is -2.28. The molecular formula is C32H32N6O6. The zero-order valence-corrected chi connectivity index (χ0v) is 24.7. The highest BCUT2D eigenvalue weighted by Crippen LogP contribution is 2.41. The highest BCUT2D eigenvalue weighted by Gasteiger charge is 2.28. The van der Waals surface area contributed by atoms with Crippen molar-refractivity contribution in [1.82, 2.24) is 20.3 Å². The number of anilines is 1. The summed E-state index contributed by atoms with van der Waals surface area (Å²) in [5.41, 5.74) is 5.17. The predicted octanol–water partition coefficient (Wildman–Crippen LogP) is 4.97. The Labute approximate surface area is 253 Å². The fourth-order valence-corrected chi connectivity index (χ4v) is 5.24. The lowest BCUT2D eigenvalue weighted by molar-refractivity contribution is -0.121. The monoisotopic (exact) mass is 596 g/mol. The number of benzene rings is 3. The van der Waals surface area contributed by atoms with Gasteiger partial charge in [0.1, 0.15) is 11.4 Å². The van der Waals surface area contributed by atoms with Crippen LogP contribution in [0.25, 0.3) is 22.5 Å². The number of ether oxygens (including phenoxy) is 2. The van der Waals surface area contributed by atoms with Crippen LogP contribution < -0.4 is 19.7 Å². The third kappa shape index (κ3) is 6.19. The minimum atomic E-state index is -0.320. The number of hydrogen-bond donors (Lipinski definition) is 1. The average Bonchev–Trinajstić information content (AvgIpc) is 3.40. The van der Waals surface area contributed by atoms with E-state index in [0.717, 1.165) is 28.1 Å². The van der Waals surface area contributed by atoms with E-state index in [9.17, 15) is 19.3 Å². The fraction of sp³-hybridized carbons (Fsp3) is 0.281. The molecule has 5 rings (SSSR count). The third-order valence-corrected chi connectivity index (χ3v) is 7.41. The summed E-state index contributed by atoms with van der Waals surface area (Å²) in [5, 5.41) is 14.4. The Morgan fingerprint density at radius 1 is 1.00 bits per heavy atom. The largest absolute Gasteiger partial charge is 0.493 e. The van der Waals surface area contributed by atoms with Gasteiger partial charge in [-0.2, -0.15) is 0 Å². The number of rotatable bonds is 11. The first-order valence-corrected chi connectivity index (χ1v) is 14.2. The summed E-state index contributed by atoms with van der Waals surface area (Å²) in [6.07, 6.45) is 0.640. The molecule has 44 heavy (non-hydrogen) atoms. The van der Waals surface area contributed by atoms with E-state index in [1.54, 1.807) is 9.58 Å². The Morgan fingerprint density at radius 3 is 2.50 bits per heavy atom. The lowest BCUT2D eigenvalue weighted by atomic mass is 9.95. The van der Waals surface area contributed by atoms with Crippen LogP contribution in [-0.4, -0.2) is 52.9 Å². The first-order chi connectivity index (χ1) is 21.3. The van der Waals surface area contributed by atoms with Crippen LogP contribution in [-0.2, 0) is 23.2 Å². The number of para-hydroxylation sites is 1. The van der Waals surface area contributed by atoms with Gasteiger partial charge >= 0.3 is 0 Å². The molecule has 0 saturated heterocycles. The zero-order valence-electron chi connectivity index (χ0n) is 24.7. The number of aryl methyl sites for hydroxylation is 1. The molecule has 0 radical (unpaired) electrons. The smallest absolute Gasteiger partial charge is 0.229 e. The van der Waals surface area contributed by atoms with Crippen LogP contribution in [0.4, 0.5) is 11.4 Å². The Balaban J connectivity index is 1.19. The molecule has 226 valence electrons. The number of nitroso groups, excluding NO2 is 1. The van der Waals surface area contributed by atoms with E-state index in [1.165, 1.54) is 26.2 Å². The van der Waals surface area contributed by atoms with E-state index >= 15 is 0 Å². The van der Waals surface area contributed by atoms with Gasteiger partial charge in [-0.3, -0.25) is 14.4 Å². The number of carbonyl (C=O) groups excluding carboxylic acids is 3. The summed E-state index contributed by atoms with van der Waals surface area (Å²) >= 11 is 0. The van der Waals surface area contributed by atoms with E-state index in [1.807, 2.05) is 55.6 Å². The van der Waals surface area contributed by atoms with Gasteiger partial charge in [-0.15, -0.1) is 10.0 Å². The van der Waals surface area contributed by atoms with Crippen LogP contribution in [0.2, 0.25) is 0 Å². The van der Waals surface area contributed by atoms with Crippen molar-refractivity contribution in [2.24, 2.45) is 12.2 Å². The standard InChI is InChI=1S/C32H32N6O6/c1-20(39)24-17-27(43-3)28(18-25(24)35-42)44-16-8-13-29(40)33-15-14-30(41)38-19-21-9-4-5-10-22(21)32-31(34-36-37(32)2)23-11-6-7-12-26(23)38/h4-7,9-12,17-18H,8,13-16,19H2,1-3H3,(H,33,40). The SMILES string of the molecule is COc1cc(C(C)=O)c(N=O)cc1OCCCC(=O)NCCC(=O)N1Cc2ccccc2-c2c(nnn2C)-c2ccccc21. The quantitative estimate of drug-likeness (QED) is 0.145. The van der Waals surface area contributed by atoms with Crippen molar-refractivity contribution in [1.29, 1.82) is 0 Å². The molecule has 12 heteroatoms. The van der Waals surface area contributed by atoms with Crippen LogP contribution in [0, 0.1) is 4.91 Å². The number of nitrogens with zero attached hydrogens (tertiary/aromatic N) is 5. The van der Waals surface area contributed by atoms with Crippen molar-refractivity contribution in [3.8, 4) is 34.0 Å². The number of aromatic nitrogens is 3. The van der Waals surface area contributed by atoms with Gasteiger partial charge in [0.2, 0.25) is 11.8 Å². The number of carbonyl (C=O) groups is 3. The van der Waals surface area contributed by atoms with E-state index in [2.05, 4.69) is 20.8 Å². The van der Waals surface area contributed by atoms with Gasteiger partial charge in [0.05, 0.1) is 37.2 Å². The minimum absolute atomic E-state index is 0.0426. The van der Waals surface area contributed by atoms with Crippen molar-refractivity contribution >= 4 is 29.0 Å². The molecule has 2 amide bonds.